The molecule has 1 aliphatic carbocycles. The normalized spacial score (nSPS) is 24.7. The van der Waals surface area contributed by atoms with Gasteiger partial charge >= 0.3 is 0 Å². The highest BCUT2D eigenvalue weighted by atomic mass is 16.5. The Morgan fingerprint density at radius 3 is 2.67 bits per heavy atom. The number of likely N-dealkylation sites (tertiary alicyclic amines) is 1. The molecule has 3 aliphatic rings. The van der Waals surface area contributed by atoms with Crippen LogP contribution in [0.4, 0.5) is 0 Å². The number of amides is 1. The molecule has 7 nitrogen and oxygen atoms in total. The van der Waals surface area contributed by atoms with Crippen molar-refractivity contribution in [1.29, 1.82) is 0 Å². The quantitative estimate of drug-likeness (QED) is 0.823. The number of aliphatic imine (C=N–C) groups is 1. The zero-order valence-electron chi connectivity index (χ0n) is 17.2. The van der Waals surface area contributed by atoms with Gasteiger partial charge in [0.2, 0.25) is 5.60 Å². The number of fused-ring (bicyclic) bond motifs is 1. The summed E-state index contributed by atoms with van der Waals surface area (Å²) in [4.78, 5) is 23.5. The van der Waals surface area contributed by atoms with Crippen molar-refractivity contribution < 1.29 is 19.4 Å². The maximum atomic E-state index is 12.8. The lowest BCUT2D eigenvalue weighted by Crippen LogP contribution is -2.48. The SMILES string of the molecule is COC1(c2cccnc2C)CCN(C2=NC(=O)C3(Cc4cccc(O)c4C3)O2)CC1. The van der Waals surface area contributed by atoms with E-state index in [1.54, 1.807) is 25.4 Å². The molecule has 7 heteroatoms. The van der Waals surface area contributed by atoms with Gasteiger partial charge in [-0.2, -0.15) is 4.99 Å². The van der Waals surface area contributed by atoms with E-state index in [4.69, 9.17) is 9.47 Å². The van der Waals surface area contributed by atoms with E-state index in [1.807, 2.05) is 24.0 Å². The third-order valence-electron chi connectivity index (χ3n) is 6.79. The van der Waals surface area contributed by atoms with Gasteiger partial charge in [-0.3, -0.25) is 9.78 Å². The number of pyridine rings is 1. The number of piperidine rings is 1. The summed E-state index contributed by atoms with van der Waals surface area (Å²) >= 11 is 0. The summed E-state index contributed by atoms with van der Waals surface area (Å²) in [7, 11) is 1.74. The fraction of sp³-hybridized carbons (Fsp3) is 0.435. The van der Waals surface area contributed by atoms with Gasteiger partial charge in [-0.25, -0.2) is 0 Å². The summed E-state index contributed by atoms with van der Waals surface area (Å²) in [6.07, 6.45) is 4.08. The number of carbonyl (C=O) groups excluding carboxylic acids is 1. The number of methoxy groups -OCH3 is 1. The minimum atomic E-state index is -1.02. The summed E-state index contributed by atoms with van der Waals surface area (Å²) < 4.78 is 12.2. The molecule has 2 aromatic rings. The molecule has 2 aliphatic heterocycles. The second kappa shape index (κ2) is 6.80. The van der Waals surface area contributed by atoms with Crippen molar-refractivity contribution in [3.05, 3.63) is 58.9 Å². The first-order valence-electron chi connectivity index (χ1n) is 10.3. The monoisotopic (exact) mass is 407 g/mol. The average Bonchev–Trinajstić information content (AvgIpc) is 3.29. The second-order valence-electron chi connectivity index (χ2n) is 8.39. The van der Waals surface area contributed by atoms with Crippen LogP contribution in [0.25, 0.3) is 0 Å². The standard InChI is InChI=1S/C23H25N3O4/c1-15-18(6-4-10-24-15)22(29-2)8-11-26(12-9-22)21-25-20(28)23(30-21)13-16-5-3-7-19(27)17(16)14-23/h3-7,10,27H,8-9,11-14H2,1-2H3. The molecule has 0 saturated carbocycles. The number of carbonyl (C=O) groups is 1. The zero-order valence-corrected chi connectivity index (χ0v) is 17.2. The molecule has 1 aromatic heterocycles. The maximum Gasteiger partial charge on any atom is 0.296 e. The Morgan fingerprint density at radius 1 is 1.17 bits per heavy atom. The van der Waals surface area contributed by atoms with Crippen LogP contribution in [0.3, 0.4) is 0 Å². The van der Waals surface area contributed by atoms with Crippen molar-refractivity contribution in [2.75, 3.05) is 20.2 Å². The van der Waals surface area contributed by atoms with Crippen molar-refractivity contribution >= 4 is 11.9 Å². The topological polar surface area (TPSA) is 84.2 Å². The predicted octanol–water partition coefficient (Wildman–Crippen LogP) is 2.48. The van der Waals surface area contributed by atoms with Crippen molar-refractivity contribution in [2.24, 2.45) is 4.99 Å². The van der Waals surface area contributed by atoms with Gasteiger partial charge in [0.15, 0.2) is 0 Å². The Bertz CT molecular complexity index is 1040. The lowest BCUT2D eigenvalue weighted by atomic mass is 9.83. The molecule has 1 aromatic carbocycles. The molecule has 5 rings (SSSR count). The number of aromatic hydroxyl groups is 1. The predicted molar refractivity (Wildman–Crippen MR) is 110 cm³/mol. The van der Waals surface area contributed by atoms with Gasteiger partial charge in [0.25, 0.3) is 11.9 Å². The lowest BCUT2D eigenvalue weighted by Gasteiger charge is -2.42. The molecule has 156 valence electrons. The van der Waals surface area contributed by atoms with E-state index in [1.165, 1.54) is 0 Å². The maximum absolute atomic E-state index is 12.8. The first kappa shape index (κ1) is 19.1. The van der Waals surface area contributed by atoms with Crippen LogP contribution in [0.5, 0.6) is 5.75 Å². The molecule has 0 radical (unpaired) electrons. The van der Waals surface area contributed by atoms with Gasteiger partial charge < -0.3 is 19.5 Å². The Hall–Kier alpha value is -2.93. The van der Waals surface area contributed by atoms with Crippen LogP contribution < -0.4 is 0 Å². The van der Waals surface area contributed by atoms with Gasteiger partial charge in [-0.1, -0.05) is 18.2 Å². The number of phenols is 1. The Kier molecular flexibility index (Phi) is 4.32. The first-order valence-corrected chi connectivity index (χ1v) is 10.3. The summed E-state index contributed by atoms with van der Waals surface area (Å²) in [5.74, 6) is -0.0521. The average molecular weight is 407 g/mol. The van der Waals surface area contributed by atoms with E-state index in [2.05, 4.69) is 16.0 Å². The third kappa shape index (κ3) is 2.80. The Balaban J connectivity index is 1.32. The highest BCUT2D eigenvalue weighted by Gasteiger charge is 2.53. The zero-order chi connectivity index (χ0) is 20.9. The molecule has 0 bridgehead atoms. The molecule has 1 fully saturated rings. The van der Waals surface area contributed by atoms with Gasteiger partial charge in [-0.05, 0) is 37.5 Å². The van der Waals surface area contributed by atoms with Crippen LogP contribution in [-0.4, -0.2) is 52.7 Å². The number of phenolic OH excluding ortho intramolecular Hbond substituents is 1. The van der Waals surface area contributed by atoms with E-state index in [0.717, 1.165) is 35.2 Å². The molecule has 30 heavy (non-hydrogen) atoms. The Labute approximate surface area is 175 Å². The number of ether oxygens (including phenoxy) is 2. The second-order valence-corrected chi connectivity index (χ2v) is 8.39. The first-order chi connectivity index (χ1) is 14.5. The molecule has 1 unspecified atom stereocenters. The van der Waals surface area contributed by atoms with Gasteiger partial charge in [0.1, 0.15) is 5.75 Å². The number of nitrogens with zero attached hydrogens (tertiary/aromatic N) is 3. The summed E-state index contributed by atoms with van der Waals surface area (Å²) in [6.45, 7) is 3.34. The molecular formula is C23H25N3O4. The van der Waals surface area contributed by atoms with E-state index in [0.29, 0.717) is 32.0 Å². The molecular weight excluding hydrogens is 382 g/mol. The van der Waals surface area contributed by atoms with E-state index in [9.17, 15) is 9.90 Å². The van der Waals surface area contributed by atoms with Crippen molar-refractivity contribution in [1.82, 2.24) is 9.88 Å². The third-order valence-corrected chi connectivity index (χ3v) is 6.79. The molecule has 1 atom stereocenters. The van der Waals surface area contributed by atoms with E-state index >= 15 is 0 Å². The Morgan fingerprint density at radius 2 is 1.97 bits per heavy atom. The summed E-state index contributed by atoms with van der Waals surface area (Å²) in [5.41, 5.74) is 2.39. The van der Waals surface area contributed by atoms with E-state index < -0.39 is 11.2 Å². The van der Waals surface area contributed by atoms with Crippen LogP contribution in [-0.2, 0) is 32.7 Å². The smallest absolute Gasteiger partial charge is 0.296 e. The van der Waals surface area contributed by atoms with Gasteiger partial charge in [-0.15, -0.1) is 0 Å². The molecule has 1 amide bonds. The van der Waals surface area contributed by atoms with E-state index in [-0.39, 0.29) is 11.7 Å². The molecule has 3 heterocycles. The van der Waals surface area contributed by atoms with Gasteiger partial charge in [0, 0.05) is 56.1 Å². The van der Waals surface area contributed by atoms with Crippen LogP contribution in [0.15, 0.2) is 41.5 Å². The lowest BCUT2D eigenvalue weighted by molar-refractivity contribution is -0.130. The van der Waals surface area contributed by atoms with Crippen molar-refractivity contribution in [3.8, 4) is 5.75 Å². The van der Waals surface area contributed by atoms with Crippen LogP contribution >= 0.6 is 0 Å². The minimum Gasteiger partial charge on any atom is -0.508 e. The number of rotatable bonds is 2. The summed E-state index contributed by atoms with van der Waals surface area (Å²) in [6, 6.07) is 9.78. The van der Waals surface area contributed by atoms with Crippen molar-refractivity contribution in [3.63, 3.8) is 0 Å². The van der Waals surface area contributed by atoms with Gasteiger partial charge in [0.05, 0.1) is 5.60 Å². The number of hydrogen-bond acceptors (Lipinski definition) is 6. The number of aryl methyl sites for hydroxylation is 1. The molecule has 1 saturated heterocycles. The number of amidine groups is 1. The number of hydrogen-bond donors (Lipinski definition) is 1. The summed E-state index contributed by atoms with van der Waals surface area (Å²) in [5, 5.41) is 10.2. The fourth-order valence-electron chi connectivity index (χ4n) is 5.04. The van der Waals surface area contributed by atoms with Crippen LogP contribution in [0.1, 0.15) is 35.2 Å². The van der Waals surface area contributed by atoms with Crippen LogP contribution in [0.2, 0.25) is 0 Å². The number of benzene rings is 1. The molecule has 1 spiro atoms. The van der Waals surface area contributed by atoms with Crippen molar-refractivity contribution in [2.45, 2.75) is 43.8 Å². The highest BCUT2D eigenvalue weighted by Crippen LogP contribution is 2.42. The van der Waals surface area contributed by atoms with Crippen LogP contribution in [0, 0.1) is 6.92 Å². The fourth-order valence-corrected chi connectivity index (χ4v) is 5.04. The highest BCUT2D eigenvalue weighted by molar-refractivity contribution is 6.02. The largest absolute Gasteiger partial charge is 0.508 e. The minimum absolute atomic E-state index is 0.212. The molecule has 1 N–H and O–H groups in total. The number of aromatic nitrogens is 1.